The highest BCUT2D eigenvalue weighted by Gasteiger charge is 2.32. The van der Waals surface area contributed by atoms with Crippen LogP contribution < -0.4 is 9.62 Å². The molecular weight excluding hydrogens is 467 g/mol. The molecule has 1 amide bonds. The van der Waals surface area contributed by atoms with E-state index >= 15 is 0 Å². The molecule has 0 aliphatic carbocycles. The number of halogens is 2. The Morgan fingerprint density at radius 3 is 2.13 bits per heavy atom. The molecule has 0 saturated heterocycles. The molecule has 0 fully saturated rings. The van der Waals surface area contributed by atoms with Gasteiger partial charge in [0, 0.05) is 6.26 Å². The minimum atomic E-state index is -3.90. The molecule has 2 rings (SSSR count). The lowest BCUT2D eigenvalue weighted by Crippen LogP contribution is -2.49. The zero-order valence-electron chi connectivity index (χ0n) is 17.5. The van der Waals surface area contributed by atoms with Gasteiger partial charge in [-0.3, -0.25) is 9.10 Å². The van der Waals surface area contributed by atoms with Gasteiger partial charge in [0.2, 0.25) is 15.9 Å². The van der Waals surface area contributed by atoms with E-state index in [9.17, 15) is 26.0 Å². The van der Waals surface area contributed by atoms with Gasteiger partial charge in [-0.05, 0) is 49.2 Å². The van der Waals surface area contributed by atoms with Crippen molar-refractivity contribution in [3.8, 4) is 0 Å². The Kier molecular flexibility index (Phi) is 7.72. The Labute approximate surface area is 187 Å². The van der Waals surface area contributed by atoms with Gasteiger partial charge in [-0.15, -0.1) is 0 Å². The zero-order valence-corrected chi connectivity index (χ0v) is 19.9. The zero-order chi connectivity index (χ0) is 23.6. The van der Waals surface area contributed by atoms with Crippen molar-refractivity contribution in [1.82, 2.24) is 5.32 Å². The number of anilines is 1. The average Bonchev–Trinajstić information content (AvgIpc) is 2.66. The van der Waals surface area contributed by atoms with E-state index in [1.807, 2.05) is 0 Å². The van der Waals surface area contributed by atoms with Crippen molar-refractivity contribution in [2.24, 2.45) is 0 Å². The summed E-state index contributed by atoms with van der Waals surface area (Å²) in [6, 6.07) is 7.84. The number of sulfone groups is 1. The topological polar surface area (TPSA) is 101 Å². The third-order valence-electron chi connectivity index (χ3n) is 4.65. The SMILES string of the molecule is CCC(C(=O)NC(C)c1ccc(S(C)(=O)=O)cc1)N(c1ccc(F)c(Cl)c1)S(C)(=O)=O. The predicted molar refractivity (Wildman–Crippen MR) is 119 cm³/mol. The van der Waals surface area contributed by atoms with Crippen LogP contribution in [0.5, 0.6) is 0 Å². The van der Waals surface area contributed by atoms with Gasteiger partial charge in [0.1, 0.15) is 11.9 Å². The Bertz CT molecular complexity index is 1170. The first-order valence-corrected chi connectivity index (χ1v) is 13.4. The fourth-order valence-electron chi connectivity index (χ4n) is 3.08. The number of amides is 1. The van der Waals surface area contributed by atoms with Crippen molar-refractivity contribution in [2.75, 3.05) is 16.8 Å². The maximum absolute atomic E-state index is 13.5. The maximum atomic E-state index is 13.5. The number of sulfonamides is 1. The second-order valence-electron chi connectivity index (χ2n) is 7.15. The van der Waals surface area contributed by atoms with Crippen LogP contribution in [0.4, 0.5) is 10.1 Å². The Hall–Kier alpha value is -2.17. The molecule has 2 aromatic carbocycles. The highest BCUT2D eigenvalue weighted by Crippen LogP contribution is 2.27. The van der Waals surface area contributed by atoms with Crippen molar-refractivity contribution in [1.29, 1.82) is 0 Å². The average molecular weight is 491 g/mol. The van der Waals surface area contributed by atoms with Crippen LogP contribution in [0.15, 0.2) is 47.4 Å². The quantitative estimate of drug-likeness (QED) is 0.611. The lowest BCUT2D eigenvalue weighted by Gasteiger charge is -2.31. The number of nitrogens with one attached hydrogen (secondary N) is 1. The standard InChI is InChI=1S/C20H24ClFN2O5S2/c1-5-19(24(31(4,28)29)15-8-11-18(22)17(21)12-15)20(25)23-13(2)14-6-9-16(10-7-14)30(3,26)27/h6-13,19H,5H2,1-4H3,(H,23,25). The summed E-state index contributed by atoms with van der Waals surface area (Å²) in [5, 5.41) is 2.49. The molecule has 31 heavy (non-hydrogen) atoms. The number of nitrogens with zero attached hydrogens (tertiary/aromatic N) is 1. The smallest absolute Gasteiger partial charge is 0.244 e. The second-order valence-corrected chi connectivity index (χ2v) is 11.4. The minimum Gasteiger partial charge on any atom is -0.348 e. The van der Waals surface area contributed by atoms with Gasteiger partial charge in [0.25, 0.3) is 0 Å². The van der Waals surface area contributed by atoms with E-state index in [0.29, 0.717) is 5.56 Å². The van der Waals surface area contributed by atoms with Crippen molar-refractivity contribution < 1.29 is 26.0 Å². The summed E-state index contributed by atoms with van der Waals surface area (Å²) in [6.07, 6.45) is 2.20. The van der Waals surface area contributed by atoms with Crippen molar-refractivity contribution in [3.63, 3.8) is 0 Å². The number of hydrogen-bond acceptors (Lipinski definition) is 5. The van der Waals surface area contributed by atoms with Gasteiger partial charge < -0.3 is 5.32 Å². The van der Waals surface area contributed by atoms with E-state index in [0.717, 1.165) is 28.9 Å². The molecule has 0 aliphatic heterocycles. The van der Waals surface area contributed by atoms with Crippen LogP contribution in [-0.2, 0) is 24.7 Å². The van der Waals surface area contributed by atoms with Gasteiger partial charge in [-0.2, -0.15) is 0 Å². The van der Waals surface area contributed by atoms with E-state index in [-0.39, 0.29) is 22.0 Å². The molecule has 0 aliphatic rings. The first-order chi connectivity index (χ1) is 14.3. The lowest BCUT2D eigenvalue weighted by atomic mass is 10.1. The predicted octanol–water partition coefficient (Wildman–Crippen LogP) is 3.30. The van der Waals surface area contributed by atoms with Gasteiger partial charge in [-0.25, -0.2) is 21.2 Å². The van der Waals surface area contributed by atoms with Gasteiger partial charge >= 0.3 is 0 Å². The van der Waals surface area contributed by atoms with E-state index in [4.69, 9.17) is 11.6 Å². The molecule has 0 radical (unpaired) electrons. The first kappa shape index (κ1) is 25.1. The van der Waals surface area contributed by atoms with Crippen LogP contribution >= 0.6 is 11.6 Å². The maximum Gasteiger partial charge on any atom is 0.244 e. The van der Waals surface area contributed by atoms with E-state index in [1.54, 1.807) is 26.0 Å². The largest absolute Gasteiger partial charge is 0.348 e. The molecule has 0 saturated carbocycles. The van der Waals surface area contributed by atoms with E-state index in [2.05, 4.69) is 5.32 Å². The molecule has 2 aromatic rings. The fraction of sp³-hybridized carbons (Fsp3) is 0.350. The molecule has 11 heteroatoms. The van der Waals surface area contributed by atoms with Gasteiger partial charge in [-0.1, -0.05) is 30.7 Å². The van der Waals surface area contributed by atoms with Crippen LogP contribution in [0.25, 0.3) is 0 Å². The molecule has 2 unspecified atom stereocenters. The number of carbonyl (C=O) groups excluding carboxylic acids is 1. The summed E-state index contributed by atoms with van der Waals surface area (Å²) in [7, 11) is -7.25. The Morgan fingerprint density at radius 1 is 1.10 bits per heavy atom. The monoisotopic (exact) mass is 490 g/mol. The molecule has 0 spiro atoms. The summed E-state index contributed by atoms with van der Waals surface area (Å²) in [5.41, 5.74) is 0.715. The number of rotatable bonds is 8. The highest BCUT2D eigenvalue weighted by molar-refractivity contribution is 7.92. The fourth-order valence-corrected chi connectivity index (χ4v) is 5.09. The van der Waals surface area contributed by atoms with Crippen LogP contribution in [0.2, 0.25) is 5.02 Å². The molecule has 7 nitrogen and oxygen atoms in total. The molecular formula is C20H24ClFN2O5S2. The van der Waals surface area contributed by atoms with Crippen molar-refractivity contribution in [3.05, 3.63) is 58.9 Å². The van der Waals surface area contributed by atoms with Gasteiger partial charge in [0.15, 0.2) is 9.84 Å². The van der Waals surface area contributed by atoms with Crippen molar-refractivity contribution in [2.45, 2.75) is 37.2 Å². The summed E-state index contributed by atoms with van der Waals surface area (Å²) in [5.74, 6) is -1.27. The van der Waals surface area contributed by atoms with Crippen LogP contribution in [0.1, 0.15) is 31.9 Å². The summed E-state index contributed by atoms with van der Waals surface area (Å²) in [6.45, 7) is 3.35. The molecule has 170 valence electrons. The molecule has 0 heterocycles. The minimum absolute atomic E-state index is 0.0704. The van der Waals surface area contributed by atoms with Crippen LogP contribution in [0.3, 0.4) is 0 Å². The molecule has 0 aromatic heterocycles. The number of benzene rings is 2. The lowest BCUT2D eigenvalue weighted by molar-refractivity contribution is -0.122. The molecule has 1 N–H and O–H groups in total. The third-order valence-corrected chi connectivity index (χ3v) is 7.25. The van der Waals surface area contributed by atoms with E-state index in [1.165, 1.54) is 18.2 Å². The number of hydrogen-bond donors (Lipinski definition) is 1. The van der Waals surface area contributed by atoms with Crippen LogP contribution in [0, 0.1) is 5.82 Å². The van der Waals surface area contributed by atoms with Crippen LogP contribution in [-0.4, -0.2) is 41.3 Å². The summed E-state index contributed by atoms with van der Waals surface area (Å²) >= 11 is 5.80. The van der Waals surface area contributed by atoms with Gasteiger partial charge in [0.05, 0.1) is 27.9 Å². The van der Waals surface area contributed by atoms with Crippen molar-refractivity contribution >= 4 is 43.1 Å². The highest BCUT2D eigenvalue weighted by atomic mass is 35.5. The molecule has 2 atom stereocenters. The number of carbonyl (C=O) groups is 1. The Morgan fingerprint density at radius 2 is 1.68 bits per heavy atom. The second kappa shape index (κ2) is 9.54. The Balaban J connectivity index is 2.32. The molecule has 0 bridgehead atoms. The third kappa shape index (κ3) is 6.18. The summed E-state index contributed by atoms with van der Waals surface area (Å²) in [4.78, 5) is 13.1. The normalized spacial score (nSPS) is 14.0. The first-order valence-electron chi connectivity index (χ1n) is 9.30. The summed E-state index contributed by atoms with van der Waals surface area (Å²) < 4.78 is 62.6. The van der Waals surface area contributed by atoms with E-state index < -0.39 is 43.7 Å².